The molecular formula is C11H23N. The van der Waals surface area contributed by atoms with Gasteiger partial charge in [-0.2, -0.15) is 0 Å². The van der Waals surface area contributed by atoms with Crippen molar-refractivity contribution in [2.45, 2.75) is 47.1 Å². The largest absolute Gasteiger partial charge is 0.314 e. The molecule has 0 aromatic heterocycles. The number of hydrogen-bond acceptors (Lipinski definition) is 1. The molecule has 1 N–H and O–H groups in total. The van der Waals surface area contributed by atoms with Gasteiger partial charge in [-0.1, -0.05) is 32.4 Å². The Morgan fingerprint density at radius 2 is 1.83 bits per heavy atom. The van der Waals surface area contributed by atoms with Crippen LogP contribution in [0.4, 0.5) is 0 Å². The SMILES string of the molecule is CNC(C=C(C)C)CC(C)(C)C. The molecule has 1 heteroatoms. The van der Waals surface area contributed by atoms with E-state index in [2.05, 4.69) is 46.0 Å². The molecule has 1 atom stereocenters. The summed E-state index contributed by atoms with van der Waals surface area (Å²) in [6, 6.07) is 0.523. The van der Waals surface area contributed by atoms with Crippen molar-refractivity contribution in [1.29, 1.82) is 0 Å². The van der Waals surface area contributed by atoms with Crippen LogP contribution >= 0.6 is 0 Å². The minimum atomic E-state index is 0.402. The molecule has 72 valence electrons. The Morgan fingerprint density at radius 1 is 1.33 bits per heavy atom. The molecule has 1 unspecified atom stereocenters. The third-order valence-corrected chi connectivity index (χ3v) is 1.74. The average Bonchev–Trinajstić information content (AvgIpc) is 1.82. The molecule has 0 bridgehead atoms. The van der Waals surface area contributed by atoms with Crippen molar-refractivity contribution >= 4 is 0 Å². The average molecular weight is 169 g/mol. The number of allylic oxidation sites excluding steroid dienone is 1. The maximum Gasteiger partial charge on any atom is 0.0254 e. The van der Waals surface area contributed by atoms with Gasteiger partial charge >= 0.3 is 0 Å². The summed E-state index contributed by atoms with van der Waals surface area (Å²) in [4.78, 5) is 0. The molecule has 0 heterocycles. The zero-order chi connectivity index (χ0) is 9.78. The normalized spacial score (nSPS) is 14.2. The molecule has 0 aliphatic rings. The van der Waals surface area contributed by atoms with E-state index < -0.39 is 0 Å². The van der Waals surface area contributed by atoms with Crippen LogP contribution in [-0.4, -0.2) is 13.1 Å². The second-order valence-electron chi connectivity index (χ2n) is 4.90. The molecule has 0 saturated heterocycles. The summed E-state index contributed by atoms with van der Waals surface area (Å²) in [5, 5.41) is 3.31. The lowest BCUT2D eigenvalue weighted by molar-refractivity contribution is 0.342. The van der Waals surface area contributed by atoms with Crippen LogP contribution in [0.5, 0.6) is 0 Å². The monoisotopic (exact) mass is 169 g/mol. The second-order valence-corrected chi connectivity index (χ2v) is 4.90. The lowest BCUT2D eigenvalue weighted by Gasteiger charge is -2.23. The Bertz CT molecular complexity index is 147. The second kappa shape index (κ2) is 4.66. The van der Waals surface area contributed by atoms with Gasteiger partial charge in [0.15, 0.2) is 0 Å². The maximum absolute atomic E-state index is 3.31. The third kappa shape index (κ3) is 6.41. The maximum atomic E-state index is 3.31. The fourth-order valence-corrected chi connectivity index (χ4v) is 1.31. The van der Waals surface area contributed by atoms with Crippen LogP contribution in [-0.2, 0) is 0 Å². The predicted octanol–water partition coefficient (Wildman–Crippen LogP) is 2.98. The van der Waals surface area contributed by atoms with Gasteiger partial charge in [-0.05, 0) is 32.7 Å². The Hall–Kier alpha value is -0.300. The molecule has 0 saturated carbocycles. The van der Waals surface area contributed by atoms with E-state index in [9.17, 15) is 0 Å². The minimum absolute atomic E-state index is 0.402. The highest BCUT2D eigenvalue weighted by Crippen LogP contribution is 2.21. The molecule has 12 heavy (non-hydrogen) atoms. The smallest absolute Gasteiger partial charge is 0.0254 e. The first-order valence-corrected chi connectivity index (χ1v) is 4.67. The topological polar surface area (TPSA) is 12.0 Å². The lowest BCUT2D eigenvalue weighted by atomic mass is 9.87. The quantitative estimate of drug-likeness (QED) is 0.640. The molecule has 0 spiro atoms. The van der Waals surface area contributed by atoms with Gasteiger partial charge in [-0.15, -0.1) is 0 Å². The summed E-state index contributed by atoms with van der Waals surface area (Å²) in [5.74, 6) is 0. The zero-order valence-electron chi connectivity index (χ0n) is 9.36. The highest BCUT2D eigenvalue weighted by atomic mass is 14.9. The first-order valence-electron chi connectivity index (χ1n) is 4.67. The van der Waals surface area contributed by atoms with E-state index in [0.717, 1.165) is 0 Å². The highest BCUT2D eigenvalue weighted by molar-refractivity contribution is 5.01. The van der Waals surface area contributed by atoms with Gasteiger partial charge in [0.1, 0.15) is 0 Å². The molecule has 0 rings (SSSR count). The van der Waals surface area contributed by atoms with Crippen molar-refractivity contribution in [3.8, 4) is 0 Å². The van der Waals surface area contributed by atoms with Crippen LogP contribution in [0.1, 0.15) is 41.0 Å². The van der Waals surface area contributed by atoms with Gasteiger partial charge in [0, 0.05) is 6.04 Å². The van der Waals surface area contributed by atoms with Crippen molar-refractivity contribution in [2.75, 3.05) is 7.05 Å². The minimum Gasteiger partial charge on any atom is -0.314 e. The number of nitrogens with one attached hydrogen (secondary N) is 1. The third-order valence-electron chi connectivity index (χ3n) is 1.74. The summed E-state index contributed by atoms with van der Waals surface area (Å²) >= 11 is 0. The van der Waals surface area contributed by atoms with E-state index in [4.69, 9.17) is 0 Å². The Kier molecular flexibility index (Phi) is 4.54. The van der Waals surface area contributed by atoms with Gasteiger partial charge in [0.05, 0.1) is 0 Å². The van der Waals surface area contributed by atoms with E-state index in [-0.39, 0.29) is 0 Å². The van der Waals surface area contributed by atoms with Crippen molar-refractivity contribution in [1.82, 2.24) is 5.32 Å². The van der Waals surface area contributed by atoms with Crippen molar-refractivity contribution in [3.63, 3.8) is 0 Å². The van der Waals surface area contributed by atoms with Crippen LogP contribution in [0, 0.1) is 5.41 Å². The zero-order valence-corrected chi connectivity index (χ0v) is 9.36. The van der Waals surface area contributed by atoms with E-state index in [0.29, 0.717) is 11.5 Å². The standard InChI is InChI=1S/C11H23N/c1-9(2)7-10(12-6)8-11(3,4)5/h7,10,12H,8H2,1-6H3. The number of hydrogen-bond donors (Lipinski definition) is 1. The van der Waals surface area contributed by atoms with E-state index in [1.54, 1.807) is 0 Å². The molecule has 0 aliphatic carbocycles. The molecule has 0 radical (unpaired) electrons. The molecule has 0 amide bonds. The predicted molar refractivity (Wildman–Crippen MR) is 56.4 cm³/mol. The fraction of sp³-hybridized carbons (Fsp3) is 0.818. The molecule has 1 nitrogen and oxygen atoms in total. The Balaban J connectivity index is 4.10. The first-order chi connectivity index (χ1) is 5.35. The number of likely N-dealkylation sites (N-methyl/N-ethyl adjacent to an activating group) is 1. The van der Waals surface area contributed by atoms with Gasteiger partial charge < -0.3 is 5.32 Å². The van der Waals surface area contributed by atoms with Gasteiger partial charge in [-0.25, -0.2) is 0 Å². The van der Waals surface area contributed by atoms with E-state index >= 15 is 0 Å². The number of rotatable bonds is 3. The first kappa shape index (κ1) is 11.7. The van der Waals surface area contributed by atoms with Crippen molar-refractivity contribution in [3.05, 3.63) is 11.6 Å². The van der Waals surface area contributed by atoms with Crippen LogP contribution in [0.15, 0.2) is 11.6 Å². The van der Waals surface area contributed by atoms with E-state index in [1.165, 1.54) is 12.0 Å². The summed E-state index contributed by atoms with van der Waals surface area (Å²) in [6.07, 6.45) is 3.49. The van der Waals surface area contributed by atoms with Crippen LogP contribution < -0.4 is 5.32 Å². The fourth-order valence-electron chi connectivity index (χ4n) is 1.31. The van der Waals surface area contributed by atoms with Gasteiger partial charge in [0.2, 0.25) is 0 Å². The van der Waals surface area contributed by atoms with Crippen LogP contribution in [0.25, 0.3) is 0 Å². The Morgan fingerprint density at radius 3 is 2.08 bits per heavy atom. The molecule has 0 aromatic rings. The van der Waals surface area contributed by atoms with Crippen molar-refractivity contribution < 1.29 is 0 Å². The molecule has 0 aliphatic heterocycles. The highest BCUT2D eigenvalue weighted by Gasteiger charge is 2.15. The van der Waals surface area contributed by atoms with E-state index in [1.807, 2.05) is 7.05 Å². The summed E-state index contributed by atoms with van der Waals surface area (Å²) in [7, 11) is 2.02. The lowest BCUT2D eigenvalue weighted by Crippen LogP contribution is -2.28. The summed E-state index contributed by atoms with van der Waals surface area (Å²) in [5.41, 5.74) is 1.79. The van der Waals surface area contributed by atoms with Crippen LogP contribution in [0.2, 0.25) is 0 Å². The van der Waals surface area contributed by atoms with Crippen molar-refractivity contribution in [2.24, 2.45) is 5.41 Å². The molecule has 0 fully saturated rings. The van der Waals surface area contributed by atoms with Gasteiger partial charge in [0.25, 0.3) is 0 Å². The van der Waals surface area contributed by atoms with Gasteiger partial charge in [-0.3, -0.25) is 0 Å². The van der Waals surface area contributed by atoms with Crippen LogP contribution in [0.3, 0.4) is 0 Å². The summed E-state index contributed by atoms with van der Waals surface area (Å²) in [6.45, 7) is 11.1. The molecular weight excluding hydrogens is 146 g/mol. The summed E-state index contributed by atoms with van der Waals surface area (Å²) < 4.78 is 0. The molecule has 0 aromatic carbocycles. The Labute approximate surface area is 77.2 Å².